The number of anilines is 1. The molecule has 1 fully saturated rings. The second-order valence-corrected chi connectivity index (χ2v) is 8.51. The molecule has 0 amide bonds. The van der Waals surface area contributed by atoms with Gasteiger partial charge in [0.1, 0.15) is 17.5 Å². The molecule has 32 heavy (non-hydrogen) atoms. The number of piperazine rings is 1. The smallest absolute Gasteiger partial charge is 0.136 e. The average molecular weight is 445 g/mol. The van der Waals surface area contributed by atoms with Crippen LogP contribution in [0.1, 0.15) is 49.3 Å². The van der Waals surface area contributed by atoms with Crippen LogP contribution < -0.4 is 4.90 Å². The van der Waals surface area contributed by atoms with E-state index in [1.807, 2.05) is 19.1 Å². The fraction of sp³-hybridized carbons (Fsp3) is 0.600. The molecule has 1 N–H and O–H groups in total. The van der Waals surface area contributed by atoms with Crippen molar-refractivity contribution in [2.75, 3.05) is 50.8 Å². The van der Waals surface area contributed by atoms with Crippen molar-refractivity contribution in [3.05, 3.63) is 52.7 Å². The first-order chi connectivity index (χ1) is 15.5. The molecule has 1 aromatic heterocycles. The Labute approximate surface area is 191 Å². The van der Waals surface area contributed by atoms with Gasteiger partial charge in [0, 0.05) is 57.0 Å². The largest absolute Gasteiger partial charge is 0.389 e. The van der Waals surface area contributed by atoms with Crippen molar-refractivity contribution in [2.24, 2.45) is 0 Å². The molecule has 0 saturated carbocycles. The van der Waals surface area contributed by atoms with Gasteiger partial charge < -0.3 is 14.7 Å². The molecule has 0 bridgehead atoms. The minimum Gasteiger partial charge on any atom is -0.389 e. The van der Waals surface area contributed by atoms with E-state index in [0.29, 0.717) is 31.7 Å². The summed E-state index contributed by atoms with van der Waals surface area (Å²) in [5.41, 5.74) is 2.67. The van der Waals surface area contributed by atoms with Crippen molar-refractivity contribution in [1.82, 2.24) is 14.9 Å². The van der Waals surface area contributed by atoms with Crippen LogP contribution in [0.25, 0.3) is 0 Å². The molecule has 7 heteroatoms. The molecule has 176 valence electrons. The maximum absolute atomic E-state index is 14.4. The maximum Gasteiger partial charge on any atom is 0.136 e. The number of aliphatic hydroxyl groups is 1. The van der Waals surface area contributed by atoms with Crippen molar-refractivity contribution in [3.8, 4) is 0 Å². The first-order valence-corrected chi connectivity index (χ1v) is 11.8. The SMILES string of the molecule is CCCCOCC(O)CN1CCN(c2nc(C)nc(CC)c2Cc2ccccc2F)CC1. The topological polar surface area (TPSA) is 61.7 Å². The van der Waals surface area contributed by atoms with Crippen LogP contribution in [0.2, 0.25) is 0 Å². The van der Waals surface area contributed by atoms with Gasteiger partial charge in [0.2, 0.25) is 0 Å². The summed E-state index contributed by atoms with van der Waals surface area (Å²) in [7, 11) is 0. The quantitative estimate of drug-likeness (QED) is 0.536. The summed E-state index contributed by atoms with van der Waals surface area (Å²) < 4.78 is 19.9. The van der Waals surface area contributed by atoms with Crippen LogP contribution in [0, 0.1) is 12.7 Å². The van der Waals surface area contributed by atoms with Crippen LogP contribution in [0.3, 0.4) is 0 Å². The number of aliphatic hydroxyl groups excluding tert-OH is 1. The third kappa shape index (κ3) is 6.70. The summed E-state index contributed by atoms with van der Waals surface area (Å²) in [5.74, 6) is 1.47. The van der Waals surface area contributed by atoms with Crippen LogP contribution >= 0.6 is 0 Å². The monoisotopic (exact) mass is 444 g/mol. The molecule has 6 nitrogen and oxygen atoms in total. The summed E-state index contributed by atoms with van der Waals surface area (Å²) in [6.07, 6.45) is 2.92. The Hall–Kier alpha value is -2.09. The summed E-state index contributed by atoms with van der Waals surface area (Å²) >= 11 is 0. The third-order valence-corrected chi connectivity index (χ3v) is 5.94. The number of unbranched alkanes of at least 4 members (excludes halogenated alkanes) is 1. The first-order valence-electron chi connectivity index (χ1n) is 11.8. The highest BCUT2D eigenvalue weighted by atomic mass is 19.1. The van der Waals surface area contributed by atoms with E-state index < -0.39 is 6.10 Å². The minimum absolute atomic E-state index is 0.193. The Bertz CT molecular complexity index is 856. The lowest BCUT2D eigenvalue weighted by molar-refractivity contribution is 0.0150. The first kappa shape index (κ1) is 24.6. The van der Waals surface area contributed by atoms with Crippen LogP contribution in [0.5, 0.6) is 0 Å². The van der Waals surface area contributed by atoms with Crippen molar-refractivity contribution in [1.29, 1.82) is 0 Å². The Balaban J connectivity index is 1.67. The zero-order valence-corrected chi connectivity index (χ0v) is 19.7. The van der Waals surface area contributed by atoms with E-state index in [1.165, 1.54) is 6.07 Å². The van der Waals surface area contributed by atoms with E-state index in [1.54, 1.807) is 6.07 Å². The molecule has 1 saturated heterocycles. The molecule has 2 aromatic rings. The Kier molecular flexibility index (Phi) is 9.38. The van der Waals surface area contributed by atoms with Gasteiger partial charge in [-0.2, -0.15) is 0 Å². The fourth-order valence-corrected chi connectivity index (χ4v) is 4.16. The molecule has 0 aliphatic carbocycles. The number of aromatic nitrogens is 2. The molecule has 2 heterocycles. The third-order valence-electron chi connectivity index (χ3n) is 5.94. The van der Waals surface area contributed by atoms with Crippen molar-refractivity contribution in [3.63, 3.8) is 0 Å². The Morgan fingerprint density at radius 2 is 1.88 bits per heavy atom. The standard InChI is InChI=1S/C25H37FN4O2/c1-4-6-15-32-18-21(31)17-29-11-13-30(14-12-29)25-22(24(5-2)27-19(3)28-25)16-20-9-7-8-10-23(20)26/h7-10,21,31H,4-6,11-18H2,1-3H3. The molecule has 1 unspecified atom stereocenters. The molecule has 1 aliphatic rings. The van der Waals surface area contributed by atoms with E-state index in [9.17, 15) is 9.50 Å². The van der Waals surface area contributed by atoms with Gasteiger partial charge in [-0.25, -0.2) is 14.4 Å². The van der Waals surface area contributed by atoms with E-state index in [2.05, 4.69) is 28.6 Å². The summed E-state index contributed by atoms with van der Waals surface area (Å²) in [6.45, 7) is 11.1. The summed E-state index contributed by atoms with van der Waals surface area (Å²) in [5, 5.41) is 10.3. The zero-order chi connectivity index (χ0) is 22.9. The number of halogens is 1. The lowest BCUT2D eigenvalue weighted by Gasteiger charge is -2.37. The molecule has 0 radical (unpaired) electrons. The minimum atomic E-state index is -0.469. The Morgan fingerprint density at radius 3 is 2.56 bits per heavy atom. The highest BCUT2D eigenvalue weighted by Crippen LogP contribution is 2.26. The Morgan fingerprint density at radius 1 is 1.12 bits per heavy atom. The van der Waals surface area contributed by atoms with Gasteiger partial charge in [0.15, 0.2) is 0 Å². The molecular weight excluding hydrogens is 407 g/mol. The van der Waals surface area contributed by atoms with Crippen molar-refractivity contribution < 1.29 is 14.2 Å². The number of rotatable bonds is 11. The number of nitrogens with zero attached hydrogens (tertiary/aromatic N) is 4. The highest BCUT2D eigenvalue weighted by Gasteiger charge is 2.24. The summed E-state index contributed by atoms with van der Waals surface area (Å²) in [4.78, 5) is 14.0. The van der Waals surface area contributed by atoms with E-state index >= 15 is 0 Å². The number of β-amino-alcohol motifs (C(OH)–C–C–N with tert-alkyl or cyclic N) is 1. The van der Waals surface area contributed by atoms with Gasteiger partial charge in [0.25, 0.3) is 0 Å². The second kappa shape index (κ2) is 12.2. The van der Waals surface area contributed by atoms with Gasteiger partial charge in [-0.1, -0.05) is 38.5 Å². The van der Waals surface area contributed by atoms with Crippen LogP contribution in [-0.4, -0.2) is 72.0 Å². The number of ether oxygens (including phenoxy) is 1. The van der Waals surface area contributed by atoms with Gasteiger partial charge in [-0.3, -0.25) is 4.90 Å². The van der Waals surface area contributed by atoms with E-state index in [0.717, 1.165) is 68.3 Å². The zero-order valence-electron chi connectivity index (χ0n) is 19.7. The molecule has 0 spiro atoms. The van der Waals surface area contributed by atoms with Gasteiger partial charge in [-0.15, -0.1) is 0 Å². The second-order valence-electron chi connectivity index (χ2n) is 8.51. The molecule has 1 atom stereocenters. The number of benzene rings is 1. The molecular formula is C25H37FN4O2. The predicted molar refractivity (Wildman–Crippen MR) is 126 cm³/mol. The number of aryl methyl sites for hydroxylation is 2. The van der Waals surface area contributed by atoms with Crippen LogP contribution in [-0.2, 0) is 17.6 Å². The molecule has 1 aliphatic heterocycles. The van der Waals surface area contributed by atoms with Gasteiger partial charge in [-0.05, 0) is 31.4 Å². The van der Waals surface area contributed by atoms with E-state index in [-0.39, 0.29) is 5.82 Å². The molecule has 3 rings (SSSR count). The van der Waals surface area contributed by atoms with Crippen LogP contribution in [0.4, 0.5) is 10.2 Å². The lowest BCUT2D eigenvalue weighted by atomic mass is 10.0. The number of hydrogen-bond donors (Lipinski definition) is 1. The van der Waals surface area contributed by atoms with Gasteiger partial charge in [0.05, 0.1) is 12.7 Å². The molecule has 1 aromatic carbocycles. The van der Waals surface area contributed by atoms with Crippen molar-refractivity contribution in [2.45, 2.75) is 52.6 Å². The summed E-state index contributed by atoms with van der Waals surface area (Å²) in [6, 6.07) is 6.93. The maximum atomic E-state index is 14.4. The predicted octanol–water partition coefficient (Wildman–Crippen LogP) is 3.38. The average Bonchev–Trinajstić information content (AvgIpc) is 2.79. The van der Waals surface area contributed by atoms with Crippen LogP contribution in [0.15, 0.2) is 24.3 Å². The highest BCUT2D eigenvalue weighted by molar-refractivity contribution is 5.52. The van der Waals surface area contributed by atoms with Gasteiger partial charge >= 0.3 is 0 Å². The van der Waals surface area contributed by atoms with E-state index in [4.69, 9.17) is 9.72 Å². The normalized spacial score (nSPS) is 15.8. The lowest BCUT2D eigenvalue weighted by Crippen LogP contribution is -2.49. The van der Waals surface area contributed by atoms with Crippen molar-refractivity contribution >= 4 is 5.82 Å². The number of hydrogen-bond acceptors (Lipinski definition) is 6. The fourth-order valence-electron chi connectivity index (χ4n) is 4.16.